The number of para-hydroxylation sites is 1. The molecule has 0 saturated heterocycles. The van der Waals surface area contributed by atoms with Gasteiger partial charge in [0.05, 0.1) is 22.9 Å². The molecule has 1 heterocycles. The summed E-state index contributed by atoms with van der Waals surface area (Å²) in [6.07, 6.45) is 1.78. The summed E-state index contributed by atoms with van der Waals surface area (Å²) in [6, 6.07) is 8.46. The molecule has 4 heteroatoms. The van der Waals surface area contributed by atoms with Crippen LogP contribution in [0.3, 0.4) is 0 Å². The van der Waals surface area contributed by atoms with Crippen molar-refractivity contribution in [2.75, 3.05) is 5.32 Å². The van der Waals surface area contributed by atoms with E-state index in [9.17, 15) is 4.39 Å². The third-order valence-electron chi connectivity index (χ3n) is 2.38. The van der Waals surface area contributed by atoms with Crippen molar-refractivity contribution in [2.45, 2.75) is 13.5 Å². The lowest BCUT2D eigenvalue weighted by molar-refractivity contribution is 0.630. The van der Waals surface area contributed by atoms with Crippen LogP contribution in [0.4, 0.5) is 10.1 Å². The molecule has 0 saturated carbocycles. The minimum atomic E-state index is -0.357. The van der Waals surface area contributed by atoms with Crippen molar-refractivity contribution >= 4 is 17.3 Å². The molecule has 0 unspecified atom stereocenters. The molecule has 0 aliphatic carbocycles. The Bertz CT molecular complexity index is 491. The smallest absolute Gasteiger partial charge is 0.147 e. The number of hydrogen-bond acceptors (Lipinski definition) is 2. The summed E-state index contributed by atoms with van der Waals surface area (Å²) < 4.78 is 13.4. The van der Waals surface area contributed by atoms with Gasteiger partial charge in [-0.25, -0.2) is 4.39 Å². The van der Waals surface area contributed by atoms with Crippen molar-refractivity contribution in [3.05, 3.63) is 58.6 Å². The molecular formula is C13H12ClFN2. The van der Waals surface area contributed by atoms with Crippen LogP contribution in [0, 0.1) is 12.7 Å². The quantitative estimate of drug-likeness (QED) is 0.896. The molecule has 0 spiro atoms. The highest BCUT2D eigenvalue weighted by atomic mass is 35.5. The molecule has 0 aliphatic rings. The van der Waals surface area contributed by atoms with Gasteiger partial charge in [-0.15, -0.1) is 0 Å². The molecule has 0 radical (unpaired) electrons. The van der Waals surface area contributed by atoms with Gasteiger partial charge in [-0.1, -0.05) is 23.7 Å². The topological polar surface area (TPSA) is 24.9 Å². The Labute approximate surface area is 104 Å². The molecule has 2 aromatic rings. The fourth-order valence-corrected chi connectivity index (χ4v) is 1.68. The predicted molar refractivity (Wildman–Crippen MR) is 67.7 cm³/mol. The first kappa shape index (κ1) is 11.9. The number of aryl methyl sites for hydroxylation is 1. The SMILES string of the molecule is Cc1ccc(CNc2c(F)cccc2Cl)nc1. The molecule has 88 valence electrons. The molecule has 2 nitrogen and oxygen atoms in total. The fourth-order valence-electron chi connectivity index (χ4n) is 1.45. The first-order chi connectivity index (χ1) is 8.16. The maximum absolute atomic E-state index is 13.4. The Kier molecular flexibility index (Phi) is 3.59. The number of benzene rings is 1. The number of pyridine rings is 1. The highest BCUT2D eigenvalue weighted by Crippen LogP contribution is 2.24. The number of hydrogen-bond donors (Lipinski definition) is 1. The van der Waals surface area contributed by atoms with E-state index in [0.717, 1.165) is 11.3 Å². The summed E-state index contributed by atoms with van der Waals surface area (Å²) in [6.45, 7) is 2.42. The van der Waals surface area contributed by atoms with E-state index in [1.165, 1.54) is 6.07 Å². The van der Waals surface area contributed by atoms with Gasteiger partial charge in [0, 0.05) is 6.20 Å². The zero-order chi connectivity index (χ0) is 12.3. The molecule has 0 fully saturated rings. The van der Waals surface area contributed by atoms with Gasteiger partial charge >= 0.3 is 0 Å². The van der Waals surface area contributed by atoms with E-state index in [2.05, 4.69) is 10.3 Å². The van der Waals surface area contributed by atoms with E-state index in [1.54, 1.807) is 18.3 Å². The monoisotopic (exact) mass is 250 g/mol. The van der Waals surface area contributed by atoms with Gasteiger partial charge in [-0.3, -0.25) is 4.98 Å². The van der Waals surface area contributed by atoms with Crippen LogP contribution in [0.2, 0.25) is 5.02 Å². The maximum atomic E-state index is 13.4. The molecule has 1 N–H and O–H groups in total. The average molecular weight is 251 g/mol. The molecule has 1 aromatic carbocycles. The highest BCUT2D eigenvalue weighted by molar-refractivity contribution is 6.33. The number of aromatic nitrogens is 1. The number of halogens is 2. The Hall–Kier alpha value is -1.61. The molecule has 17 heavy (non-hydrogen) atoms. The van der Waals surface area contributed by atoms with Crippen LogP contribution in [-0.4, -0.2) is 4.98 Å². The molecular weight excluding hydrogens is 239 g/mol. The maximum Gasteiger partial charge on any atom is 0.147 e. The standard InChI is InChI=1S/C13H12ClFN2/c1-9-5-6-10(16-7-9)8-17-13-11(14)3-2-4-12(13)15/h2-7,17H,8H2,1H3. The third-order valence-corrected chi connectivity index (χ3v) is 2.70. The second-order valence-corrected chi connectivity index (χ2v) is 4.18. The normalized spacial score (nSPS) is 10.3. The van der Waals surface area contributed by atoms with Crippen molar-refractivity contribution in [3.63, 3.8) is 0 Å². The van der Waals surface area contributed by atoms with Crippen molar-refractivity contribution < 1.29 is 4.39 Å². The average Bonchev–Trinajstić information content (AvgIpc) is 2.31. The van der Waals surface area contributed by atoms with Crippen LogP contribution < -0.4 is 5.32 Å². The lowest BCUT2D eigenvalue weighted by Crippen LogP contribution is -2.03. The van der Waals surface area contributed by atoms with Gasteiger partial charge in [0.2, 0.25) is 0 Å². The van der Waals surface area contributed by atoms with E-state index >= 15 is 0 Å². The van der Waals surface area contributed by atoms with Crippen LogP contribution in [0.5, 0.6) is 0 Å². The van der Waals surface area contributed by atoms with Gasteiger partial charge in [0.15, 0.2) is 0 Å². The molecule has 1 aromatic heterocycles. The minimum Gasteiger partial charge on any atom is -0.376 e. The lowest BCUT2D eigenvalue weighted by Gasteiger charge is -2.08. The Morgan fingerprint density at radius 3 is 2.76 bits per heavy atom. The fraction of sp³-hybridized carbons (Fsp3) is 0.154. The molecule has 0 atom stereocenters. The van der Waals surface area contributed by atoms with Gasteiger partial charge in [0.1, 0.15) is 5.82 Å². The second-order valence-electron chi connectivity index (χ2n) is 3.78. The minimum absolute atomic E-state index is 0.316. The van der Waals surface area contributed by atoms with Gasteiger partial charge < -0.3 is 5.32 Å². The number of rotatable bonds is 3. The van der Waals surface area contributed by atoms with Crippen LogP contribution in [0.15, 0.2) is 36.5 Å². The van der Waals surface area contributed by atoms with E-state index in [1.807, 2.05) is 19.1 Å². The highest BCUT2D eigenvalue weighted by Gasteiger charge is 2.06. The molecule has 2 rings (SSSR count). The molecule has 0 bridgehead atoms. The Morgan fingerprint density at radius 2 is 2.12 bits per heavy atom. The third kappa shape index (κ3) is 2.94. The summed E-state index contributed by atoms with van der Waals surface area (Å²) in [7, 11) is 0. The van der Waals surface area contributed by atoms with E-state index in [4.69, 9.17) is 11.6 Å². The van der Waals surface area contributed by atoms with E-state index in [0.29, 0.717) is 17.3 Å². The number of anilines is 1. The summed E-state index contributed by atoms with van der Waals surface area (Å²) in [5.74, 6) is -0.357. The molecule has 0 aliphatic heterocycles. The van der Waals surface area contributed by atoms with Crippen molar-refractivity contribution in [3.8, 4) is 0 Å². The Morgan fingerprint density at radius 1 is 1.29 bits per heavy atom. The first-order valence-corrected chi connectivity index (χ1v) is 5.64. The summed E-state index contributed by atoms with van der Waals surface area (Å²) >= 11 is 5.90. The van der Waals surface area contributed by atoms with Crippen molar-refractivity contribution in [1.29, 1.82) is 0 Å². The van der Waals surface area contributed by atoms with E-state index < -0.39 is 0 Å². The Balaban J connectivity index is 2.10. The van der Waals surface area contributed by atoms with Crippen LogP contribution in [-0.2, 0) is 6.54 Å². The second kappa shape index (κ2) is 5.15. The van der Waals surface area contributed by atoms with Gasteiger partial charge in [-0.2, -0.15) is 0 Å². The number of nitrogens with one attached hydrogen (secondary N) is 1. The van der Waals surface area contributed by atoms with Crippen molar-refractivity contribution in [2.24, 2.45) is 0 Å². The van der Waals surface area contributed by atoms with Crippen LogP contribution >= 0.6 is 11.6 Å². The van der Waals surface area contributed by atoms with E-state index in [-0.39, 0.29) is 5.82 Å². The predicted octanol–water partition coefficient (Wildman–Crippen LogP) is 3.79. The van der Waals surface area contributed by atoms with Gasteiger partial charge in [-0.05, 0) is 30.7 Å². The van der Waals surface area contributed by atoms with Crippen LogP contribution in [0.25, 0.3) is 0 Å². The zero-order valence-electron chi connectivity index (χ0n) is 9.37. The molecule has 0 amide bonds. The van der Waals surface area contributed by atoms with Crippen LogP contribution in [0.1, 0.15) is 11.3 Å². The first-order valence-electron chi connectivity index (χ1n) is 5.26. The lowest BCUT2D eigenvalue weighted by atomic mass is 10.2. The largest absolute Gasteiger partial charge is 0.376 e. The van der Waals surface area contributed by atoms with Crippen molar-refractivity contribution in [1.82, 2.24) is 4.98 Å². The zero-order valence-corrected chi connectivity index (χ0v) is 10.1. The number of nitrogens with zero attached hydrogens (tertiary/aromatic N) is 1. The summed E-state index contributed by atoms with van der Waals surface area (Å²) in [5, 5.41) is 3.32. The summed E-state index contributed by atoms with van der Waals surface area (Å²) in [5.41, 5.74) is 2.25. The van der Waals surface area contributed by atoms with Gasteiger partial charge in [0.25, 0.3) is 0 Å². The summed E-state index contributed by atoms with van der Waals surface area (Å²) in [4.78, 5) is 4.22.